The van der Waals surface area contributed by atoms with E-state index >= 15 is 0 Å². The van der Waals surface area contributed by atoms with Crippen molar-refractivity contribution in [1.29, 1.82) is 0 Å². The maximum Gasteiger partial charge on any atom is 0.495 e. The highest BCUT2D eigenvalue weighted by Gasteiger charge is 2.52. The van der Waals surface area contributed by atoms with E-state index in [1.807, 2.05) is 60.6 Å². The van der Waals surface area contributed by atoms with Crippen LogP contribution in [0.15, 0.2) is 12.1 Å². The molecule has 2 aliphatic heterocycles. The first-order valence-electron chi connectivity index (χ1n) is 12.0. The lowest BCUT2D eigenvalue weighted by atomic mass is 9.78. The minimum Gasteiger partial charge on any atom is -0.496 e. The van der Waals surface area contributed by atoms with Crippen molar-refractivity contribution in [3.8, 4) is 11.5 Å². The van der Waals surface area contributed by atoms with E-state index in [-0.39, 0.29) is 12.1 Å². The first-order chi connectivity index (χ1) is 15.7. The van der Waals surface area contributed by atoms with Crippen molar-refractivity contribution in [1.82, 2.24) is 9.80 Å². The van der Waals surface area contributed by atoms with Crippen LogP contribution in [0, 0.1) is 0 Å². The summed E-state index contributed by atoms with van der Waals surface area (Å²) in [4.78, 5) is 16.6. The summed E-state index contributed by atoms with van der Waals surface area (Å²) in [6.07, 6.45) is -0.263. The van der Waals surface area contributed by atoms with Gasteiger partial charge in [0, 0.05) is 32.2 Å². The Kier molecular flexibility index (Phi) is 7.51. The first kappa shape index (κ1) is 26.6. The van der Waals surface area contributed by atoms with Gasteiger partial charge in [-0.25, -0.2) is 4.79 Å². The van der Waals surface area contributed by atoms with Crippen LogP contribution in [-0.2, 0) is 20.6 Å². The molecule has 2 heterocycles. The summed E-state index contributed by atoms with van der Waals surface area (Å²) in [6, 6.07) is 4.10. The fraction of sp³-hybridized carbons (Fsp3) is 0.720. The van der Waals surface area contributed by atoms with E-state index in [0.717, 1.165) is 29.1 Å². The Labute approximate surface area is 204 Å². The summed E-state index contributed by atoms with van der Waals surface area (Å²) < 4.78 is 29.6. The fourth-order valence-electron chi connectivity index (χ4n) is 4.20. The average molecular weight is 476 g/mol. The molecule has 2 fully saturated rings. The number of carbonyl (C=O) groups excluding carboxylic acids is 1. The van der Waals surface area contributed by atoms with Gasteiger partial charge >= 0.3 is 13.2 Å². The van der Waals surface area contributed by atoms with Crippen LogP contribution >= 0.6 is 0 Å². The molecule has 9 heteroatoms. The monoisotopic (exact) mass is 476 g/mol. The number of carbonyl (C=O) groups is 1. The number of piperazine rings is 1. The van der Waals surface area contributed by atoms with Crippen molar-refractivity contribution in [3.05, 3.63) is 17.7 Å². The van der Waals surface area contributed by atoms with Gasteiger partial charge in [-0.3, -0.25) is 4.90 Å². The Bertz CT molecular complexity index is 857. The Hall–Kier alpha value is -1.97. The molecule has 1 atom stereocenters. The quantitative estimate of drug-likeness (QED) is 0.603. The molecular weight excluding hydrogens is 435 g/mol. The Morgan fingerprint density at radius 2 is 1.59 bits per heavy atom. The lowest BCUT2D eigenvalue weighted by molar-refractivity contribution is 0.00440. The third kappa shape index (κ3) is 5.63. The summed E-state index contributed by atoms with van der Waals surface area (Å²) in [5.41, 5.74) is 0.457. The molecule has 1 aromatic rings. The van der Waals surface area contributed by atoms with Gasteiger partial charge in [0.1, 0.15) is 17.1 Å². The summed E-state index contributed by atoms with van der Waals surface area (Å²) in [5, 5.41) is 0. The van der Waals surface area contributed by atoms with Gasteiger partial charge < -0.3 is 28.4 Å². The Morgan fingerprint density at radius 3 is 2.03 bits per heavy atom. The zero-order valence-corrected chi connectivity index (χ0v) is 22.5. The number of hydrogen-bond acceptors (Lipinski definition) is 7. The van der Waals surface area contributed by atoms with Gasteiger partial charge in [0.25, 0.3) is 0 Å². The van der Waals surface area contributed by atoms with Crippen LogP contribution in [0.2, 0.25) is 0 Å². The van der Waals surface area contributed by atoms with Crippen molar-refractivity contribution in [3.63, 3.8) is 0 Å². The van der Waals surface area contributed by atoms with E-state index < -0.39 is 23.9 Å². The number of methoxy groups -OCH3 is 2. The number of ether oxygens (including phenoxy) is 3. The van der Waals surface area contributed by atoms with Gasteiger partial charge in [-0.15, -0.1) is 0 Å². The highest BCUT2D eigenvalue weighted by molar-refractivity contribution is 6.62. The molecule has 0 N–H and O–H groups in total. The standard InChI is InChI=1S/C25H41BN2O6/c1-17-15-28(22(29)32-23(2,3)4)12-11-27(17)16-19-20(30-9)13-18(14-21(19)31-10)26-33-24(5,6)25(7,8)34-26/h13-14,17H,11-12,15-16H2,1-10H3. The zero-order chi connectivity index (χ0) is 25.5. The van der Waals surface area contributed by atoms with Gasteiger partial charge in [-0.05, 0) is 73.0 Å². The molecule has 0 spiro atoms. The van der Waals surface area contributed by atoms with Crippen LogP contribution in [0.4, 0.5) is 4.79 Å². The van der Waals surface area contributed by atoms with Crippen LogP contribution in [0.25, 0.3) is 0 Å². The summed E-state index contributed by atoms with van der Waals surface area (Å²) in [7, 11) is 2.82. The number of nitrogens with zero attached hydrogens (tertiary/aromatic N) is 2. The molecule has 0 aliphatic carbocycles. The normalized spacial score (nSPS) is 22.6. The van der Waals surface area contributed by atoms with Crippen LogP contribution in [0.5, 0.6) is 11.5 Å². The molecule has 0 aromatic heterocycles. The van der Waals surface area contributed by atoms with Crippen molar-refractivity contribution in [2.75, 3.05) is 33.9 Å². The summed E-state index contributed by atoms with van der Waals surface area (Å²) in [5.74, 6) is 1.46. The predicted molar refractivity (Wildman–Crippen MR) is 133 cm³/mol. The molecular formula is C25H41BN2O6. The first-order valence-corrected chi connectivity index (χ1v) is 12.0. The lowest BCUT2D eigenvalue weighted by Crippen LogP contribution is -2.54. The second-order valence-corrected chi connectivity index (χ2v) is 11.2. The van der Waals surface area contributed by atoms with E-state index in [1.165, 1.54) is 0 Å². The minimum atomic E-state index is -0.503. The average Bonchev–Trinajstić information content (AvgIpc) is 2.95. The number of hydrogen-bond donors (Lipinski definition) is 0. The third-order valence-electron chi connectivity index (χ3n) is 6.93. The van der Waals surface area contributed by atoms with E-state index in [4.69, 9.17) is 23.5 Å². The molecule has 190 valence electrons. The lowest BCUT2D eigenvalue weighted by Gasteiger charge is -2.40. The van der Waals surface area contributed by atoms with Crippen molar-refractivity contribution < 1.29 is 28.3 Å². The van der Waals surface area contributed by atoms with Crippen LogP contribution < -0.4 is 14.9 Å². The maximum absolute atomic E-state index is 12.5. The fourth-order valence-corrected chi connectivity index (χ4v) is 4.20. The molecule has 0 radical (unpaired) electrons. The van der Waals surface area contributed by atoms with Crippen molar-refractivity contribution >= 4 is 18.7 Å². The number of rotatable bonds is 5. The highest BCUT2D eigenvalue weighted by atomic mass is 16.7. The topological polar surface area (TPSA) is 69.7 Å². The highest BCUT2D eigenvalue weighted by Crippen LogP contribution is 2.38. The summed E-state index contributed by atoms with van der Waals surface area (Å²) in [6.45, 7) is 18.5. The van der Waals surface area contributed by atoms with Crippen LogP contribution in [-0.4, -0.2) is 79.7 Å². The minimum absolute atomic E-state index is 0.151. The maximum atomic E-state index is 12.5. The molecule has 0 saturated carbocycles. The second kappa shape index (κ2) is 9.59. The summed E-state index contributed by atoms with van der Waals surface area (Å²) >= 11 is 0. The van der Waals surface area contributed by atoms with E-state index in [1.54, 1.807) is 19.1 Å². The molecule has 1 aromatic carbocycles. The molecule has 8 nitrogen and oxygen atoms in total. The molecule has 1 amide bonds. The smallest absolute Gasteiger partial charge is 0.495 e. The SMILES string of the molecule is COc1cc(B2OC(C)(C)C(C)(C)O2)cc(OC)c1CN1CCN(C(=O)OC(C)(C)C)CC1C. The van der Waals surface area contributed by atoms with E-state index in [2.05, 4.69) is 11.8 Å². The van der Waals surface area contributed by atoms with Gasteiger partial charge in [-0.2, -0.15) is 0 Å². The van der Waals surface area contributed by atoms with E-state index in [9.17, 15) is 4.79 Å². The molecule has 34 heavy (non-hydrogen) atoms. The van der Waals surface area contributed by atoms with Gasteiger partial charge in [0.15, 0.2) is 0 Å². The molecule has 0 bridgehead atoms. The number of benzene rings is 1. The van der Waals surface area contributed by atoms with Gasteiger partial charge in [-0.1, -0.05) is 0 Å². The van der Waals surface area contributed by atoms with Crippen LogP contribution in [0.3, 0.4) is 0 Å². The molecule has 2 saturated heterocycles. The molecule has 1 unspecified atom stereocenters. The van der Waals surface area contributed by atoms with Crippen molar-refractivity contribution in [2.45, 2.75) is 84.8 Å². The molecule has 3 rings (SSSR count). The molecule has 2 aliphatic rings. The number of amides is 1. The zero-order valence-electron chi connectivity index (χ0n) is 22.5. The van der Waals surface area contributed by atoms with Gasteiger partial charge in [0.05, 0.1) is 31.0 Å². The van der Waals surface area contributed by atoms with Crippen molar-refractivity contribution in [2.24, 2.45) is 0 Å². The Balaban J connectivity index is 1.77. The second-order valence-electron chi connectivity index (χ2n) is 11.2. The van der Waals surface area contributed by atoms with Gasteiger partial charge in [0.2, 0.25) is 0 Å². The van der Waals surface area contributed by atoms with Crippen LogP contribution in [0.1, 0.15) is 61.0 Å². The predicted octanol–water partition coefficient (Wildman–Crippen LogP) is 3.44. The van der Waals surface area contributed by atoms with E-state index in [0.29, 0.717) is 19.6 Å². The largest absolute Gasteiger partial charge is 0.496 e. The Morgan fingerprint density at radius 1 is 1.06 bits per heavy atom. The third-order valence-corrected chi connectivity index (χ3v) is 6.93.